The molecule has 3 nitrogen and oxygen atoms in total. The van der Waals surface area contributed by atoms with Crippen molar-refractivity contribution in [2.24, 2.45) is 11.7 Å². The normalized spacial score (nSPS) is 11.7. The summed E-state index contributed by atoms with van der Waals surface area (Å²) in [6, 6.07) is 5.35. The molecule has 0 atom stereocenters. The number of hydrogen-bond donors (Lipinski definition) is 2. The van der Waals surface area contributed by atoms with Crippen LogP contribution >= 0.6 is 35.2 Å². The summed E-state index contributed by atoms with van der Waals surface area (Å²) in [4.78, 5) is 0.729. The second-order valence-corrected chi connectivity index (χ2v) is 5.96. The van der Waals surface area contributed by atoms with E-state index in [2.05, 4.69) is 19.2 Å². The second-order valence-electron chi connectivity index (χ2n) is 4.40. The molecule has 6 heteroatoms. The van der Waals surface area contributed by atoms with Gasteiger partial charge in [0.15, 0.2) is 0 Å². The van der Waals surface area contributed by atoms with Gasteiger partial charge in [-0.1, -0.05) is 43.1 Å². The molecule has 0 aliphatic rings. The van der Waals surface area contributed by atoms with Crippen LogP contribution in [0.5, 0.6) is 0 Å². The van der Waals surface area contributed by atoms with E-state index in [4.69, 9.17) is 33.1 Å². The highest BCUT2D eigenvalue weighted by Crippen LogP contribution is 2.33. The zero-order chi connectivity index (χ0) is 14.3. The smallest absolute Gasteiger partial charge is 0.215 e. The lowest BCUT2D eigenvalue weighted by Gasteiger charge is -2.08. The van der Waals surface area contributed by atoms with E-state index in [1.165, 1.54) is 0 Å². The van der Waals surface area contributed by atoms with Crippen LogP contribution in [0.2, 0.25) is 10.0 Å². The first-order chi connectivity index (χ1) is 9.00. The van der Waals surface area contributed by atoms with Crippen molar-refractivity contribution in [2.75, 3.05) is 6.54 Å². The number of nitrogens with two attached hydrogens (primary N) is 1. The number of rotatable bonds is 7. The van der Waals surface area contributed by atoms with Crippen LogP contribution in [0, 0.1) is 5.92 Å². The van der Waals surface area contributed by atoms with Crippen LogP contribution in [-0.2, 0) is 4.18 Å². The van der Waals surface area contributed by atoms with Gasteiger partial charge in [-0.25, -0.2) is 0 Å². The minimum Gasteiger partial charge on any atom is -0.402 e. The van der Waals surface area contributed by atoms with Crippen molar-refractivity contribution in [3.05, 3.63) is 40.3 Å². The molecule has 0 bridgehead atoms. The molecule has 1 aromatic rings. The third kappa shape index (κ3) is 6.32. The third-order valence-electron chi connectivity index (χ3n) is 2.25. The number of benzene rings is 1. The van der Waals surface area contributed by atoms with Crippen molar-refractivity contribution in [1.82, 2.24) is 5.32 Å². The van der Waals surface area contributed by atoms with Gasteiger partial charge < -0.3 is 15.2 Å². The van der Waals surface area contributed by atoms with E-state index in [1.54, 1.807) is 18.3 Å². The van der Waals surface area contributed by atoms with E-state index >= 15 is 0 Å². The summed E-state index contributed by atoms with van der Waals surface area (Å²) >= 11 is 13.0. The molecule has 0 spiro atoms. The average molecular weight is 321 g/mol. The summed E-state index contributed by atoms with van der Waals surface area (Å²) < 4.78 is 5.32. The molecule has 0 aromatic heterocycles. The van der Waals surface area contributed by atoms with Crippen molar-refractivity contribution in [1.29, 1.82) is 0 Å². The van der Waals surface area contributed by atoms with Gasteiger partial charge in [-0.2, -0.15) is 0 Å². The molecular formula is C13H18Cl2N2OS. The Labute approximate surface area is 128 Å². The molecule has 0 aliphatic carbocycles. The van der Waals surface area contributed by atoms with Crippen LogP contribution in [0.15, 0.2) is 35.2 Å². The molecule has 0 saturated carbocycles. The zero-order valence-electron chi connectivity index (χ0n) is 11.0. The molecule has 1 aromatic carbocycles. The Kier molecular flexibility index (Phi) is 7.28. The maximum atomic E-state index is 6.03. The summed E-state index contributed by atoms with van der Waals surface area (Å²) in [5.41, 5.74) is 5.71. The molecule has 0 fully saturated rings. The molecule has 106 valence electrons. The second kappa shape index (κ2) is 8.46. The van der Waals surface area contributed by atoms with Crippen LogP contribution in [0.25, 0.3) is 0 Å². The summed E-state index contributed by atoms with van der Waals surface area (Å²) in [6.45, 7) is 5.20. The van der Waals surface area contributed by atoms with Crippen LogP contribution in [-0.4, -0.2) is 6.54 Å². The van der Waals surface area contributed by atoms with Gasteiger partial charge in [-0.15, -0.1) is 0 Å². The molecule has 0 unspecified atom stereocenters. The minimum absolute atomic E-state index is 0.296. The van der Waals surface area contributed by atoms with Crippen LogP contribution in [0.4, 0.5) is 0 Å². The monoisotopic (exact) mass is 320 g/mol. The molecule has 0 amide bonds. The maximum Gasteiger partial charge on any atom is 0.215 e. The van der Waals surface area contributed by atoms with Crippen LogP contribution in [0.1, 0.15) is 20.3 Å². The molecule has 0 saturated heterocycles. The Balaban J connectivity index is 2.39. The topological polar surface area (TPSA) is 47.3 Å². The SMILES string of the molecule is CC(C)CCNC=C(N)OSc1cccc(Cl)c1Cl. The standard InChI is InChI=1S/C13H18Cl2N2OS/c1-9(2)6-7-17-8-12(16)18-19-11-5-3-4-10(14)13(11)15/h3-5,8-9,17H,6-7,16H2,1-2H3. The van der Waals surface area contributed by atoms with Gasteiger partial charge in [-0.3, -0.25) is 0 Å². The molecule has 0 radical (unpaired) electrons. The fourth-order valence-corrected chi connectivity index (χ4v) is 2.21. The lowest BCUT2D eigenvalue weighted by Crippen LogP contribution is -2.13. The van der Waals surface area contributed by atoms with Gasteiger partial charge in [-0.05, 0) is 24.5 Å². The predicted octanol–water partition coefficient (Wildman–Crippen LogP) is 4.41. The fraction of sp³-hybridized carbons (Fsp3) is 0.385. The molecule has 3 N–H and O–H groups in total. The van der Waals surface area contributed by atoms with Crippen LogP contribution in [0.3, 0.4) is 0 Å². The van der Waals surface area contributed by atoms with Gasteiger partial charge >= 0.3 is 0 Å². The number of hydrogen-bond acceptors (Lipinski definition) is 4. The Hall–Kier alpha value is -0.710. The van der Waals surface area contributed by atoms with Gasteiger partial charge in [0, 0.05) is 6.54 Å². The van der Waals surface area contributed by atoms with Gasteiger partial charge in [0.2, 0.25) is 5.88 Å². The van der Waals surface area contributed by atoms with Crippen molar-refractivity contribution in [3.8, 4) is 0 Å². The van der Waals surface area contributed by atoms with E-state index in [-0.39, 0.29) is 0 Å². The first kappa shape index (κ1) is 16.3. The Morgan fingerprint density at radius 3 is 2.89 bits per heavy atom. The molecule has 19 heavy (non-hydrogen) atoms. The molecule has 0 aliphatic heterocycles. The van der Waals surface area contributed by atoms with E-state index in [0.29, 0.717) is 21.8 Å². The maximum absolute atomic E-state index is 6.03. The Bertz CT molecular complexity index is 439. The van der Waals surface area contributed by atoms with Crippen molar-refractivity contribution < 1.29 is 4.18 Å². The highest BCUT2D eigenvalue weighted by Gasteiger charge is 2.06. The third-order valence-corrected chi connectivity index (χ3v) is 3.98. The number of halogens is 2. The van der Waals surface area contributed by atoms with E-state index < -0.39 is 0 Å². The van der Waals surface area contributed by atoms with E-state index in [0.717, 1.165) is 29.9 Å². The highest BCUT2D eigenvalue weighted by molar-refractivity contribution is 7.94. The first-order valence-electron chi connectivity index (χ1n) is 5.98. The minimum atomic E-state index is 0.296. The van der Waals surface area contributed by atoms with Crippen molar-refractivity contribution in [2.45, 2.75) is 25.2 Å². The predicted molar refractivity (Wildman–Crippen MR) is 83.1 cm³/mol. The summed E-state index contributed by atoms with van der Waals surface area (Å²) in [5, 5.41) is 4.06. The quantitative estimate of drug-likeness (QED) is 0.444. The summed E-state index contributed by atoms with van der Waals surface area (Å²) in [5.74, 6) is 0.951. The van der Waals surface area contributed by atoms with Gasteiger partial charge in [0.25, 0.3) is 0 Å². The largest absolute Gasteiger partial charge is 0.402 e. The van der Waals surface area contributed by atoms with Gasteiger partial charge in [0.05, 0.1) is 33.2 Å². The number of nitrogens with one attached hydrogen (secondary N) is 1. The van der Waals surface area contributed by atoms with Crippen molar-refractivity contribution >= 4 is 35.2 Å². The lowest BCUT2D eigenvalue weighted by molar-refractivity contribution is 0.480. The van der Waals surface area contributed by atoms with E-state index in [9.17, 15) is 0 Å². The zero-order valence-corrected chi connectivity index (χ0v) is 13.3. The van der Waals surface area contributed by atoms with Crippen LogP contribution < -0.4 is 11.1 Å². The van der Waals surface area contributed by atoms with Gasteiger partial charge in [0.1, 0.15) is 0 Å². The lowest BCUT2D eigenvalue weighted by atomic mass is 10.1. The summed E-state index contributed by atoms with van der Waals surface area (Å²) in [6.07, 6.45) is 2.73. The first-order valence-corrected chi connectivity index (χ1v) is 7.48. The Morgan fingerprint density at radius 2 is 2.21 bits per heavy atom. The fourth-order valence-electron chi connectivity index (χ4n) is 1.21. The van der Waals surface area contributed by atoms with Crippen molar-refractivity contribution in [3.63, 3.8) is 0 Å². The molecular weight excluding hydrogens is 303 g/mol. The highest BCUT2D eigenvalue weighted by atomic mass is 35.5. The molecule has 0 heterocycles. The van der Waals surface area contributed by atoms with E-state index in [1.807, 2.05) is 6.07 Å². The Morgan fingerprint density at radius 1 is 1.47 bits per heavy atom. The molecule has 1 rings (SSSR count). The average Bonchev–Trinajstić information content (AvgIpc) is 2.36. The summed E-state index contributed by atoms with van der Waals surface area (Å²) in [7, 11) is 0.